The van der Waals surface area contributed by atoms with E-state index in [-0.39, 0.29) is 17.3 Å². The highest BCUT2D eigenvalue weighted by atomic mass is 16.4. The highest BCUT2D eigenvalue weighted by Crippen LogP contribution is 2.46. The Labute approximate surface area is 242 Å². The van der Waals surface area contributed by atoms with Gasteiger partial charge in [-0.25, -0.2) is 0 Å². The van der Waals surface area contributed by atoms with Crippen LogP contribution in [0.25, 0.3) is 0 Å². The fourth-order valence-corrected chi connectivity index (χ4v) is 6.60. The fourth-order valence-electron chi connectivity index (χ4n) is 6.60. The number of anilines is 1. The SMILES string of the molecule is CCCCCC1(C)CCN(c2ccccc2)/C1=C\C=C\C1=[N+](CCCCCC(=O)O)c2ccc(C)cc2C1(C)C. The summed E-state index contributed by atoms with van der Waals surface area (Å²) in [7, 11) is 0. The van der Waals surface area contributed by atoms with Crippen LogP contribution in [0.2, 0.25) is 0 Å². The normalized spacial score (nSPS) is 21.1. The fraction of sp³-hybridized carbons (Fsp3) is 0.500. The van der Waals surface area contributed by atoms with Gasteiger partial charge in [-0.3, -0.25) is 4.79 Å². The molecule has 40 heavy (non-hydrogen) atoms. The lowest BCUT2D eigenvalue weighted by Gasteiger charge is -2.29. The Morgan fingerprint density at radius 2 is 1.80 bits per heavy atom. The number of allylic oxidation sites excluding steroid dienone is 4. The average molecular weight is 542 g/mol. The second-order valence-corrected chi connectivity index (χ2v) is 12.6. The topological polar surface area (TPSA) is 43.5 Å². The third kappa shape index (κ3) is 6.59. The Hall–Kier alpha value is -3.14. The number of carboxylic acids is 1. The molecule has 0 saturated carbocycles. The molecule has 2 heterocycles. The third-order valence-corrected chi connectivity index (χ3v) is 9.02. The van der Waals surface area contributed by atoms with E-state index >= 15 is 0 Å². The van der Waals surface area contributed by atoms with Crippen molar-refractivity contribution >= 4 is 23.1 Å². The van der Waals surface area contributed by atoms with Gasteiger partial charge in [-0.1, -0.05) is 69.0 Å². The van der Waals surface area contributed by atoms with Crippen molar-refractivity contribution in [1.82, 2.24) is 0 Å². The lowest BCUT2D eigenvalue weighted by atomic mass is 9.80. The molecule has 2 aromatic carbocycles. The molecular formula is C36H49N2O2+. The van der Waals surface area contributed by atoms with Crippen LogP contribution in [-0.4, -0.2) is 34.5 Å². The van der Waals surface area contributed by atoms with Crippen molar-refractivity contribution in [2.24, 2.45) is 5.41 Å². The van der Waals surface area contributed by atoms with Crippen molar-refractivity contribution in [2.45, 2.75) is 97.8 Å². The first kappa shape index (κ1) is 29.8. The van der Waals surface area contributed by atoms with Crippen LogP contribution >= 0.6 is 0 Å². The van der Waals surface area contributed by atoms with Crippen LogP contribution in [0.15, 0.2) is 72.5 Å². The molecule has 214 valence electrons. The molecule has 0 aromatic heterocycles. The van der Waals surface area contributed by atoms with Crippen LogP contribution in [0, 0.1) is 12.3 Å². The average Bonchev–Trinajstić information content (AvgIpc) is 3.35. The third-order valence-electron chi connectivity index (χ3n) is 9.02. The van der Waals surface area contributed by atoms with Crippen LogP contribution in [0.4, 0.5) is 11.4 Å². The Morgan fingerprint density at radius 1 is 1.02 bits per heavy atom. The van der Waals surface area contributed by atoms with Crippen LogP contribution in [0.1, 0.15) is 96.6 Å². The molecule has 2 aliphatic rings. The summed E-state index contributed by atoms with van der Waals surface area (Å²) in [6.07, 6.45) is 16.1. The van der Waals surface area contributed by atoms with Crippen molar-refractivity contribution in [2.75, 3.05) is 18.0 Å². The van der Waals surface area contributed by atoms with Gasteiger partial charge in [0.25, 0.3) is 0 Å². The van der Waals surface area contributed by atoms with Gasteiger partial charge in [0.15, 0.2) is 5.71 Å². The van der Waals surface area contributed by atoms with Gasteiger partial charge < -0.3 is 10.0 Å². The van der Waals surface area contributed by atoms with Gasteiger partial charge in [0, 0.05) is 53.9 Å². The highest BCUT2D eigenvalue weighted by molar-refractivity contribution is 6.03. The van der Waals surface area contributed by atoms with E-state index < -0.39 is 5.97 Å². The molecular weight excluding hydrogens is 492 g/mol. The van der Waals surface area contributed by atoms with Crippen molar-refractivity contribution in [3.8, 4) is 0 Å². The lowest BCUT2D eigenvalue weighted by molar-refractivity contribution is -0.438. The summed E-state index contributed by atoms with van der Waals surface area (Å²) in [6, 6.07) is 17.6. The maximum absolute atomic E-state index is 11.0. The largest absolute Gasteiger partial charge is 0.481 e. The van der Waals surface area contributed by atoms with Gasteiger partial charge in [0.1, 0.15) is 6.54 Å². The maximum atomic E-state index is 11.0. The molecule has 4 nitrogen and oxygen atoms in total. The van der Waals surface area contributed by atoms with Gasteiger partial charge in [-0.2, -0.15) is 4.58 Å². The second kappa shape index (κ2) is 13.0. The molecule has 2 aromatic rings. The summed E-state index contributed by atoms with van der Waals surface area (Å²) in [4.78, 5) is 13.5. The number of aryl methyl sites for hydroxylation is 1. The molecule has 0 bridgehead atoms. The predicted octanol–water partition coefficient (Wildman–Crippen LogP) is 8.95. The van der Waals surface area contributed by atoms with Crippen molar-refractivity contribution < 1.29 is 14.5 Å². The predicted molar refractivity (Wildman–Crippen MR) is 168 cm³/mol. The van der Waals surface area contributed by atoms with E-state index in [1.54, 1.807) is 0 Å². The number of benzene rings is 2. The molecule has 4 heteroatoms. The van der Waals surface area contributed by atoms with Crippen LogP contribution in [0.3, 0.4) is 0 Å². The van der Waals surface area contributed by atoms with E-state index in [2.05, 4.69) is 111 Å². The highest BCUT2D eigenvalue weighted by Gasteiger charge is 2.44. The maximum Gasteiger partial charge on any atom is 0.303 e. The van der Waals surface area contributed by atoms with Crippen molar-refractivity contribution in [3.63, 3.8) is 0 Å². The molecule has 1 atom stereocenters. The Bertz CT molecular complexity index is 1270. The molecule has 2 aliphatic heterocycles. The van der Waals surface area contributed by atoms with Crippen LogP contribution < -0.4 is 4.90 Å². The molecule has 1 saturated heterocycles. The number of carbonyl (C=O) groups is 1. The number of nitrogens with zero attached hydrogens (tertiary/aromatic N) is 2. The van der Waals surface area contributed by atoms with Gasteiger partial charge in [-0.15, -0.1) is 0 Å². The van der Waals surface area contributed by atoms with E-state index in [1.807, 2.05) is 0 Å². The first-order chi connectivity index (χ1) is 19.2. The summed E-state index contributed by atoms with van der Waals surface area (Å²) < 4.78 is 2.48. The lowest BCUT2D eigenvalue weighted by Crippen LogP contribution is -2.28. The standard InChI is InChI=1S/C36H48N2O2/c1-6-7-13-23-36(5)24-26-37(29-16-10-8-11-17-29)33(36)19-15-18-32-35(3,4)30-27-28(2)21-22-31(30)38(32)25-14-9-12-20-34(39)40/h8,10-11,15-19,21-22,27H,6-7,9,12-14,20,23-26H2,1-5H3/p+1. The number of aliphatic carboxylic acids is 1. The monoisotopic (exact) mass is 541 g/mol. The minimum atomic E-state index is -0.704. The Balaban J connectivity index is 1.67. The number of hydrogen-bond donors (Lipinski definition) is 1. The number of rotatable bonds is 13. The quantitative estimate of drug-likeness (QED) is 0.203. The van der Waals surface area contributed by atoms with Crippen molar-refractivity contribution in [3.05, 3.63) is 83.6 Å². The van der Waals surface area contributed by atoms with Crippen LogP contribution in [-0.2, 0) is 10.2 Å². The molecule has 1 N–H and O–H groups in total. The van der Waals surface area contributed by atoms with E-state index in [0.717, 1.165) is 32.4 Å². The van der Waals surface area contributed by atoms with Gasteiger partial charge in [0.05, 0.1) is 5.41 Å². The van der Waals surface area contributed by atoms with E-state index in [4.69, 9.17) is 5.11 Å². The number of hydrogen-bond acceptors (Lipinski definition) is 2. The summed E-state index contributed by atoms with van der Waals surface area (Å²) >= 11 is 0. The zero-order valence-corrected chi connectivity index (χ0v) is 25.4. The van der Waals surface area contributed by atoms with E-state index in [0.29, 0.717) is 0 Å². The molecule has 1 fully saturated rings. The van der Waals surface area contributed by atoms with Crippen LogP contribution in [0.5, 0.6) is 0 Å². The Morgan fingerprint density at radius 3 is 2.52 bits per heavy atom. The number of unbranched alkanes of at least 4 members (excludes halogenated alkanes) is 4. The molecule has 1 unspecified atom stereocenters. The van der Waals surface area contributed by atoms with Gasteiger partial charge >= 0.3 is 5.97 Å². The molecule has 0 amide bonds. The Kier molecular flexibility index (Phi) is 9.71. The van der Waals surface area contributed by atoms with E-state index in [1.165, 1.54) is 66.0 Å². The minimum Gasteiger partial charge on any atom is -0.481 e. The summed E-state index contributed by atoms with van der Waals surface area (Å²) in [6.45, 7) is 13.5. The molecule has 0 aliphatic carbocycles. The number of para-hydroxylation sites is 1. The zero-order valence-electron chi connectivity index (χ0n) is 25.4. The van der Waals surface area contributed by atoms with Gasteiger partial charge in [-0.05, 0) is 70.7 Å². The summed E-state index contributed by atoms with van der Waals surface area (Å²) in [5, 5.41) is 9.03. The second-order valence-electron chi connectivity index (χ2n) is 12.6. The smallest absolute Gasteiger partial charge is 0.303 e. The molecule has 0 spiro atoms. The van der Waals surface area contributed by atoms with Crippen molar-refractivity contribution in [1.29, 1.82) is 0 Å². The first-order valence-electron chi connectivity index (χ1n) is 15.4. The summed E-state index contributed by atoms with van der Waals surface area (Å²) in [5.41, 5.74) is 8.05. The van der Waals surface area contributed by atoms with E-state index in [9.17, 15) is 4.79 Å². The minimum absolute atomic E-state index is 0.101. The summed E-state index contributed by atoms with van der Waals surface area (Å²) in [5.74, 6) is -0.704. The molecule has 4 rings (SSSR count). The number of fused-ring (bicyclic) bond motifs is 1. The number of carboxylic acid groups (broad SMARTS) is 1. The molecule has 0 radical (unpaired) electrons. The van der Waals surface area contributed by atoms with Gasteiger partial charge in [0.2, 0.25) is 5.69 Å². The zero-order chi connectivity index (χ0) is 28.8. The first-order valence-corrected chi connectivity index (χ1v) is 15.4.